The summed E-state index contributed by atoms with van der Waals surface area (Å²) in [7, 11) is 0. The summed E-state index contributed by atoms with van der Waals surface area (Å²) in [6.45, 7) is 4.37. The fourth-order valence-electron chi connectivity index (χ4n) is 1.21. The van der Waals surface area contributed by atoms with E-state index in [1.165, 1.54) is 0 Å². The smallest absolute Gasteiger partial charge is 0.0450 e. The lowest BCUT2D eigenvalue weighted by molar-refractivity contribution is 0.503. The third kappa shape index (κ3) is 2.39. The number of H-pyrrole nitrogens is 1. The van der Waals surface area contributed by atoms with Gasteiger partial charge in [-0.2, -0.15) is 0 Å². The third-order valence-corrected chi connectivity index (χ3v) is 1.75. The van der Waals surface area contributed by atoms with E-state index in [1.807, 2.05) is 18.3 Å². The molecule has 2 nitrogen and oxygen atoms in total. The molecule has 2 heteroatoms. The quantitative estimate of drug-likeness (QED) is 0.684. The predicted octanol–water partition coefficient (Wildman–Crippen LogP) is 2.06. The molecule has 0 saturated carbocycles. The lowest BCUT2D eigenvalue weighted by Crippen LogP contribution is -2.12. The van der Waals surface area contributed by atoms with Crippen LogP contribution in [0.5, 0.6) is 0 Å². The van der Waals surface area contributed by atoms with Crippen molar-refractivity contribution in [3.8, 4) is 0 Å². The molecule has 3 N–H and O–H groups in total. The number of aromatic amines is 1. The summed E-state index contributed by atoms with van der Waals surface area (Å²) in [4.78, 5) is 3.12. The Morgan fingerprint density at radius 2 is 2.27 bits per heavy atom. The number of nitrogens with two attached hydrogens (primary N) is 1. The summed E-state index contributed by atoms with van der Waals surface area (Å²) in [6.07, 6.45) is 2.95. The third-order valence-electron chi connectivity index (χ3n) is 1.75. The van der Waals surface area contributed by atoms with Crippen LogP contribution in [0.4, 0.5) is 0 Å². The van der Waals surface area contributed by atoms with Crippen molar-refractivity contribution in [3.63, 3.8) is 0 Å². The minimum atomic E-state index is 0.171. The highest BCUT2D eigenvalue weighted by Gasteiger charge is 2.07. The van der Waals surface area contributed by atoms with Gasteiger partial charge in [0.15, 0.2) is 0 Å². The summed E-state index contributed by atoms with van der Waals surface area (Å²) in [5.74, 6) is 0.660. The average molecular weight is 152 g/mol. The Hall–Kier alpha value is -0.760. The number of rotatable bonds is 3. The Morgan fingerprint density at radius 3 is 2.73 bits per heavy atom. The van der Waals surface area contributed by atoms with Crippen LogP contribution >= 0.6 is 0 Å². The summed E-state index contributed by atoms with van der Waals surface area (Å²) < 4.78 is 0. The lowest BCUT2D eigenvalue weighted by atomic mass is 10.0. The Labute approximate surface area is 67.8 Å². The highest BCUT2D eigenvalue weighted by Crippen LogP contribution is 2.16. The normalized spacial score (nSPS) is 13.8. The molecule has 0 amide bonds. The van der Waals surface area contributed by atoms with Crippen molar-refractivity contribution >= 4 is 0 Å². The van der Waals surface area contributed by atoms with Gasteiger partial charge in [-0.05, 0) is 24.5 Å². The van der Waals surface area contributed by atoms with Gasteiger partial charge in [-0.15, -0.1) is 0 Å². The van der Waals surface area contributed by atoms with Crippen LogP contribution in [0, 0.1) is 5.92 Å². The first-order chi connectivity index (χ1) is 5.20. The molecule has 0 aliphatic rings. The number of nitrogens with one attached hydrogen (secondary N) is 1. The molecule has 1 rings (SSSR count). The van der Waals surface area contributed by atoms with Gasteiger partial charge in [-0.25, -0.2) is 0 Å². The molecule has 0 bridgehead atoms. The van der Waals surface area contributed by atoms with E-state index in [9.17, 15) is 0 Å². The van der Waals surface area contributed by atoms with E-state index in [0.29, 0.717) is 5.92 Å². The van der Waals surface area contributed by atoms with E-state index in [2.05, 4.69) is 18.8 Å². The van der Waals surface area contributed by atoms with Gasteiger partial charge in [-0.1, -0.05) is 13.8 Å². The molecule has 0 aliphatic heterocycles. The second kappa shape index (κ2) is 3.58. The molecule has 0 aromatic carbocycles. The van der Waals surface area contributed by atoms with Gasteiger partial charge in [0.05, 0.1) is 0 Å². The zero-order chi connectivity index (χ0) is 8.27. The van der Waals surface area contributed by atoms with Crippen molar-refractivity contribution in [1.29, 1.82) is 0 Å². The first-order valence-electron chi connectivity index (χ1n) is 4.09. The van der Waals surface area contributed by atoms with Crippen LogP contribution in [0.2, 0.25) is 0 Å². The second-order valence-corrected chi connectivity index (χ2v) is 3.36. The molecule has 11 heavy (non-hydrogen) atoms. The molecule has 1 heterocycles. The van der Waals surface area contributed by atoms with Gasteiger partial charge in [0, 0.05) is 17.9 Å². The molecule has 0 fully saturated rings. The molecule has 1 aromatic heterocycles. The second-order valence-electron chi connectivity index (χ2n) is 3.36. The zero-order valence-electron chi connectivity index (χ0n) is 7.17. The molecule has 1 atom stereocenters. The molecule has 0 unspecified atom stereocenters. The minimum Gasteiger partial charge on any atom is -0.364 e. The first kappa shape index (κ1) is 8.34. The molecule has 62 valence electrons. The van der Waals surface area contributed by atoms with E-state index in [-0.39, 0.29) is 6.04 Å². The number of hydrogen-bond donors (Lipinski definition) is 2. The van der Waals surface area contributed by atoms with Crippen molar-refractivity contribution < 1.29 is 0 Å². The Morgan fingerprint density at radius 1 is 1.55 bits per heavy atom. The molecule has 0 aliphatic carbocycles. The van der Waals surface area contributed by atoms with E-state index >= 15 is 0 Å². The molecule has 0 spiro atoms. The molecular formula is C9H16N2. The fraction of sp³-hybridized carbons (Fsp3) is 0.556. The van der Waals surface area contributed by atoms with Gasteiger partial charge in [0.2, 0.25) is 0 Å². The topological polar surface area (TPSA) is 41.8 Å². The zero-order valence-corrected chi connectivity index (χ0v) is 7.17. The fourth-order valence-corrected chi connectivity index (χ4v) is 1.21. The van der Waals surface area contributed by atoms with E-state index in [1.54, 1.807) is 0 Å². The molecular weight excluding hydrogens is 136 g/mol. The van der Waals surface area contributed by atoms with Gasteiger partial charge < -0.3 is 10.7 Å². The maximum Gasteiger partial charge on any atom is 0.0450 e. The molecule has 1 aromatic rings. The van der Waals surface area contributed by atoms with E-state index in [0.717, 1.165) is 12.1 Å². The van der Waals surface area contributed by atoms with Gasteiger partial charge in [-0.3, -0.25) is 0 Å². The minimum absolute atomic E-state index is 0.171. The van der Waals surface area contributed by atoms with Crippen molar-refractivity contribution in [2.75, 3.05) is 0 Å². The van der Waals surface area contributed by atoms with Crippen LogP contribution in [-0.4, -0.2) is 4.98 Å². The molecule has 0 saturated heterocycles. The van der Waals surface area contributed by atoms with E-state index < -0.39 is 0 Å². The SMILES string of the molecule is CC(C)C[C@H](N)c1ccc[nH]1. The molecule has 0 radical (unpaired) electrons. The number of hydrogen-bond acceptors (Lipinski definition) is 1. The average Bonchev–Trinajstić information content (AvgIpc) is 2.35. The predicted molar refractivity (Wildman–Crippen MR) is 47.2 cm³/mol. The Balaban J connectivity index is 2.49. The van der Waals surface area contributed by atoms with Crippen LogP contribution in [-0.2, 0) is 0 Å². The summed E-state index contributed by atoms with van der Waals surface area (Å²) in [6, 6.07) is 4.19. The highest BCUT2D eigenvalue weighted by atomic mass is 14.8. The van der Waals surface area contributed by atoms with Crippen molar-refractivity contribution in [1.82, 2.24) is 4.98 Å². The largest absolute Gasteiger partial charge is 0.364 e. The Bertz CT molecular complexity index is 189. The van der Waals surface area contributed by atoms with E-state index in [4.69, 9.17) is 5.73 Å². The summed E-state index contributed by atoms with van der Waals surface area (Å²) in [5, 5.41) is 0. The summed E-state index contributed by atoms with van der Waals surface area (Å²) in [5.41, 5.74) is 7.05. The Kier molecular flexibility index (Phi) is 2.71. The van der Waals surface area contributed by atoms with Crippen LogP contribution < -0.4 is 5.73 Å². The standard InChI is InChI=1S/C9H16N2/c1-7(2)6-8(10)9-4-3-5-11-9/h3-5,7-8,11H,6,10H2,1-2H3/t8-/m0/s1. The lowest BCUT2D eigenvalue weighted by Gasteiger charge is -2.11. The van der Waals surface area contributed by atoms with Crippen molar-refractivity contribution in [2.24, 2.45) is 11.7 Å². The monoisotopic (exact) mass is 152 g/mol. The van der Waals surface area contributed by atoms with Crippen LogP contribution in [0.15, 0.2) is 18.3 Å². The first-order valence-corrected chi connectivity index (χ1v) is 4.09. The van der Waals surface area contributed by atoms with Gasteiger partial charge in [0.1, 0.15) is 0 Å². The van der Waals surface area contributed by atoms with Crippen LogP contribution in [0.1, 0.15) is 32.0 Å². The van der Waals surface area contributed by atoms with Crippen LogP contribution in [0.25, 0.3) is 0 Å². The maximum absolute atomic E-state index is 5.91. The van der Waals surface area contributed by atoms with Crippen molar-refractivity contribution in [2.45, 2.75) is 26.3 Å². The highest BCUT2D eigenvalue weighted by molar-refractivity contribution is 5.08. The summed E-state index contributed by atoms with van der Waals surface area (Å²) >= 11 is 0. The van der Waals surface area contributed by atoms with Crippen molar-refractivity contribution in [3.05, 3.63) is 24.0 Å². The van der Waals surface area contributed by atoms with Gasteiger partial charge >= 0.3 is 0 Å². The van der Waals surface area contributed by atoms with Crippen LogP contribution in [0.3, 0.4) is 0 Å². The van der Waals surface area contributed by atoms with Gasteiger partial charge in [0.25, 0.3) is 0 Å². The number of aromatic nitrogens is 1. The maximum atomic E-state index is 5.91.